The topological polar surface area (TPSA) is 69.6 Å². The molecule has 0 bridgehead atoms. The van der Waals surface area contributed by atoms with Crippen LogP contribution >= 0.6 is 0 Å². The summed E-state index contributed by atoms with van der Waals surface area (Å²) in [4.78, 5) is 24.5. The maximum atomic E-state index is 11.8. The van der Waals surface area contributed by atoms with Crippen molar-refractivity contribution in [2.24, 2.45) is 0 Å². The van der Waals surface area contributed by atoms with Crippen LogP contribution in [0.15, 0.2) is 24.3 Å². The standard InChI is InChI=1S/C12H14N2O3/c15-10-3-1-9(2-4-10)13-12(17)14-7-5-11(16)6-8-14/h1-4,15H,5-8H2,(H,13,17). The third kappa shape index (κ3) is 2.96. The molecular weight excluding hydrogens is 220 g/mol. The lowest BCUT2D eigenvalue weighted by Gasteiger charge is -2.26. The van der Waals surface area contributed by atoms with E-state index >= 15 is 0 Å². The Kier molecular flexibility index (Phi) is 3.27. The quantitative estimate of drug-likeness (QED) is 0.725. The van der Waals surface area contributed by atoms with Crippen LogP contribution in [0.3, 0.4) is 0 Å². The molecule has 1 saturated heterocycles. The number of rotatable bonds is 1. The molecule has 1 aliphatic rings. The largest absolute Gasteiger partial charge is 0.508 e. The van der Waals surface area contributed by atoms with Crippen LogP contribution < -0.4 is 5.32 Å². The van der Waals surface area contributed by atoms with Gasteiger partial charge in [-0.3, -0.25) is 4.79 Å². The van der Waals surface area contributed by atoms with Gasteiger partial charge >= 0.3 is 6.03 Å². The Morgan fingerprint density at radius 2 is 1.76 bits per heavy atom. The van der Waals surface area contributed by atoms with Gasteiger partial charge in [0.1, 0.15) is 11.5 Å². The van der Waals surface area contributed by atoms with Crippen LogP contribution in [0.5, 0.6) is 5.75 Å². The highest BCUT2D eigenvalue weighted by Crippen LogP contribution is 2.15. The van der Waals surface area contributed by atoms with Crippen molar-refractivity contribution >= 4 is 17.5 Å². The Hall–Kier alpha value is -2.04. The van der Waals surface area contributed by atoms with Crippen molar-refractivity contribution in [1.29, 1.82) is 0 Å². The van der Waals surface area contributed by atoms with E-state index in [4.69, 9.17) is 5.11 Å². The van der Waals surface area contributed by atoms with Crippen LogP contribution in [0.4, 0.5) is 10.5 Å². The molecule has 2 N–H and O–H groups in total. The average molecular weight is 234 g/mol. The summed E-state index contributed by atoms with van der Waals surface area (Å²) in [6, 6.07) is 6.07. The first-order valence-corrected chi connectivity index (χ1v) is 5.52. The van der Waals surface area contributed by atoms with E-state index in [0.717, 1.165) is 0 Å². The first-order valence-electron chi connectivity index (χ1n) is 5.52. The van der Waals surface area contributed by atoms with Crippen LogP contribution in [0.2, 0.25) is 0 Å². The van der Waals surface area contributed by atoms with Gasteiger partial charge in [-0.05, 0) is 24.3 Å². The van der Waals surface area contributed by atoms with Crippen molar-refractivity contribution in [2.45, 2.75) is 12.8 Å². The number of ketones is 1. The Labute approximate surface area is 99.0 Å². The van der Waals surface area contributed by atoms with Crippen molar-refractivity contribution < 1.29 is 14.7 Å². The van der Waals surface area contributed by atoms with E-state index in [1.54, 1.807) is 17.0 Å². The number of nitrogens with zero attached hydrogens (tertiary/aromatic N) is 1. The fourth-order valence-corrected chi connectivity index (χ4v) is 1.71. The third-order valence-corrected chi connectivity index (χ3v) is 2.73. The minimum Gasteiger partial charge on any atom is -0.508 e. The van der Waals surface area contributed by atoms with Crippen molar-refractivity contribution in [3.8, 4) is 5.75 Å². The lowest BCUT2D eigenvalue weighted by molar-refractivity contribution is -0.120. The Morgan fingerprint density at radius 1 is 1.18 bits per heavy atom. The lowest BCUT2D eigenvalue weighted by atomic mass is 10.1. The predicted octanol–water partition coefficient (Wildman–Crippen LogP) is 1.59. The van der Waals surface area contributed by atoms with Crippen molar-refractivity contribution in [3.05, 3.63) is 24.3 Å². The molecule has 0 aliphatic carbocycles. The van der Waals surface area contributed by atoms with Gasteiger partial charge in [-0.2, -0.15) is 0 Å². The lowest BCUT2D eigenvalue weighted by Crippen LogP contribution is -2.41. The van der Waals surface area contributed by atoms with Crippen LogP contribution in [0, 0.1) is 0 Å². The zero-order valence-electron chi connectivity index (χ0n) is 9.35. The number of likely N-dealkylation sites (tertiary alicyclic amines) is 1. The normalized spacial score (nSPS) is 15.8. The molecule has 17 heavy (non-hydrogen) atoms. The van der Waals surface area contributed by atoms with E-state index < -0.39 is 0 Å². The maximum absolute atomic E-state index is 11.8. The number of aromatic hydroxyl groups is 1. The molecule has 90 valence electrons. The molecule has 5 heteroatoms. The van der Waals surface area contributed by atoms with Crippen molar-refractivity contribution in [3.63, 3.8) is 0 Å². The number of amides is 2. The molecule has 5 nitrogen and oxygen atoms in total. The summed E-state index contributed by atoms with van der Waals surface area (Å²) in [5.74, 6) is 0.366. The zero-order valence-corrected chi connectivity index (χ0v) is 9.35. The first kappa shape index (κ1) is 11.4. The summed E-state index contributed by atoms with van der Waals surface area (Å²) in [6.45, 7) is 0.950. The van der Waals surface area contributed by atoms with Gasteiger partial charge in [-0.1, -0.05) is 0 Å². The van der Waals surface area contributed by atoms with Crippen LogP contribution in [0.25, 0.3) is 0 Å². The van der Waals surface area contributed by atoms with E-state index in [1.165, 1.54) is 12.1 Å². The molecule has 1 aliphatic heterocycles. The fraction of sp³-hybridized carbons (Fsp3) is 0.333. The monoisotopic (exact) mass is 234 g/mol. The molecule has 0 saturated carbocycles. The number of benzene rings is 1. The summed E-state index contributed by atoms with van der Waals surface area (Å²) in [5, 5.41) is 11.8. The molecule has 0 unspecified atom stereocenters. The molecule has 1 aromatic carbocycles. The zero-order chi connectivity index (χ0) is 12.3. The second-order valence-electron chi connectivity index (χ2n) is 4.00. The van der Waals surface area contributed by atoms with E-state index in [1.807, 2.05) is 0 Å². The number of nitrogens with one attached hydrogen (secondary N) is 1. The smallest absolute Gasteiger partial charge is 0.321 e. The van der Waals surface area contributed by atoms with Crippen LogP contribution in [-0.4, -0.2) is 34.9 Å². The Morgan fingerprint density at radius 3 is 2.35 bits per heavy atom. The minimum absolute atomic E-state index is 0.159. The highest BCUT2D eigenvalue weighted by molar-refractivity contribution is 5.91. The summed E-state index contributed by atoms with van der Waals surface area (Å²) in [5.41, 5.74) is 0.629. The molecule has 0 radical (unpaired) electrons. The summed E-state index contributed by atoms with van der Waals surface area (Å²) in [6.07, 6.45) is 0.867. The third-order valence-electron chi connectivity index (χ3n) is 2.73. The van der Waals surface area contributed by atoms with Crippen molar-refractivity contribution in [2.75, 3.05) is 18.4 Å². The first-order chi connectivity index (χ1) is 8.15. The van der Waals surface area contributed by atoms with Gasteiger partial charge in [0.15, 0.2) is 0 Å². The minimum atomic E-state index is -0.205. The Balaban J connectivity index is 1.92. The van der Waals surface area contributed by atoms with Gasteiger partial charge in [-0.15, -0.1) is 0 Å². The fourth-order valence-electron chi connectivity index (χ4n) is 1.71. The van der Waals surface area contributed by atoms with Crippen molar-refractivity contribution in [1.82, 2.24) is 4.90 Å². The second kappa shape index (κ2) is 4.86. The van der Waals surface area contributed by atoms with Gasteiger partial charge in [0.05, 0.1) is 0 Å². The number of hydrogen-bond donors (Lipinski definition) is 2. The maximum Gasteiger partial charge on any atom is 0.321 e. The number of hydrogen-bond acceptors (Lipinski definition) is 3. The van der Waals surface area contributed by atoms with Gasteiger partial charge in [0, 0.05) is 31.6 Å². The van der Waals surface area contributed by atoms with Crippen LogP contribution in [0.1, 0.15) is 12.8 Å². The van der Waals surface area contributed by atoms with Gasteiger partial charge in [0.2, 0.25) is 0 Å². The molecule has 2 amide bonds. The van der Waals surface area contributed by atoms with E-state index in [2.05, 4.69) is 5.32 Å². The second-order valence-corrected chi connectivity index (χ2v) is 4.00. The predicted molar refractivity (Wildman–Crippen MR) is 62.9 cm³/mol. The summed E-state index contributed by atoms with van der Waals surface area (Å²) >= 11 is 0. The molecule has 0 atom stereocenters. The van der Waals surface area contributed by atoms with E-state index in [0.29, 0.717) is 31.6 Å². The molecule has 0 spiro atoms. The number of Topliss-reactive ketones (excluding diaryl/α,β-unsaturated/α-hetero) is 1. The summed E-state index contributed by atoms with van der Waals surface area (Å²) in [7, 11) is 0. The van der Waals surface area contributed by atoms with E-state index in [-0.39, 0.29) is 17.6 Å². The Bertz CT molecular complexity index is 418. The molecule has 1 heterocycles. The van der Waals surface area contributed by atoms with Gasteiger partial charge in [-0.25, -0.2) is 4.79 Å². The summed E-state index contributed by atoms with van der Waals surface area (Å²) < 4.78 is 0. The van der Waals surface area contributed by atoms with Gasteiger partial charge < -0.3 is 15.3 Å². The number of phenolic OH excluding ortho intramolecular Hbond substituents is 1. The van der Waals surface area contributed by atoms with E-state index in [9.17, 15) is 9.59 Å². The number of anilines is 1. The highest BCUT2D eigenvalue weighted by Gasteiger charge is 2.20. The molecule has 0 aromatic heterocycles. The molecular formula is C12H14N2O3. The average Bonchev–Trinajstić information content (AvgIpc) is 2.33. The number of carbonyl (C=O) groups is 2. The SMILES string of the molecule is O=C1CCN(C(=O)Nc2ccc(O)cc2)CC1. The molecule has 1 aromatic rings. The molecule has 2 rings (SSSR count). The number of piperidine rings is 1. The highest BCUT2D eigenvalue weighted by atomic mass is 16.3. The van der Waals surface area contributed by atoms with Crippen LogP contribution in [-0.2, 0) is 4.79 Å². The number of phenols is 1. The molecule has 1 fully saturated rings. The number of carbonyl (C=O) groups excluding carboxylic acids is 2. The number of urea groups is 1. The van der Waals surface area contributed by atoms with Gasteiger partial charge in [0.25, 0.3) is 0 Å².